The molecule has 0 bridgehead atoms. The van der Waals surface area contributed by atoms with Gasteiger partial charge in [0.15, 0.2) is 17.4 Å². The zero-order valence-electron chi connectivity index (χ0n) is 15.0. The van der Waals surface area contributed by atoms with Gasteiger partial charge in [-0.3, -0.25) is 9.78 Å². The number of nitrogens with one attached hydrogen (secondary N) is 1. The van der Waals surface area contributed by atoms with E-state index >= 15 is 0 Å². The third-order valence-electron chi connectivity index (χ3n) is 5.30. The van der Waals surface area contributed by atoms with Crippen LogP contribution in [0.15, 0.2) is 36.0 Å². The predicted molar refractivity (Wildman–Crippen MR) is 108 cm³/mol. The largest absolute Gasteiger partial charge is 0.364 e. The molecule has 0 amide bonds. The number of piperidine rings is 1. The normalized spacial score (nSPS) is 18.0. The maximum Gasteiger partial charge on any atom is 0.175 e. The van der Waals surface area contributed by atoms with Gasteiger partial charge in [-0.15, -0.1) is 11.3 Å². The van der Waals surface area contributed by atoms with Crippen LogP contribution in [-0.4, -0.2) is 39.9 Å². The van der Waals surface area contributed by atoms with E-state index in [1.807, 2.05) is 23.6 Å². The third kappa shape index (κ3) is 3.39. The van der Waals surface area contributed by atoms with E-state index in [9.17, 15) is 4.79 Å². The Morgan fingerprint density at radius 2 is 1.96 bits per heavy atom. The first-order valence-electron chi connectivity index (χ1n) is 9.49. The number of carbonyl (C=O) groups is 1. The van der Waals surface area contributed by atoms with Gasteiger partial charge in [-0.05, 0) is 43.2 Å². The lowest BCUT2D eigenvalue weighted by Gasteiger charge is -2.33. The average Bonchev–Trinajstić information content (AvgIpc) is 3.36. The number of hydrogen-bond donors (Lipinski definition) is 1. The first-order chi connectivity index (χ1) is 13.3. The molecule has 138 valence electrons. The second-order valence-electron chi connectivity index (χ2n) is 7.28. The van der Waals surface area contributed by atoms with Gasteiger partial charge in [-0.2, -0.15) is 0 Å². The molecule has 1 saturated carbocycles. The summed E-state index contributed by atoms with van der Waals surface area (Å²) in [5.41, 5.74) is 1.67. The highest BCUT2D eigenvalue weighted by Gasteiger charge is 2.30. The van der Waals surface area contributed by atoms with E-state index in [-0.39, 0.29) is 11.7 Å². The van der Waals surface area contributed by atoms with Crippen molar-refractivity contribution in [3.63, 3.8) is 0 Å². The van der Waals surface area contributed by atoms with Gasteiger partial charge in [-0.1, -0.05) is 6.07 Å². The smallest absolute Gasteiger partial charge is 0.175 e. The fourth-order valence-corrected chi connectivity index (χ4v) is 4.35. The number of ketones is 1. The summed E-state index contributed by atoms with van der Waals surface area (Å²) in [5.74, 6) is 2.15. The van der Waals surface area contributed by atoms with Crippen LogP contribution >= 0.6 is 11.3 Å². The van der Waals surface area contributed by atoms with Crippen molar-refractivity contribution in [3.05, 3.63) is 40.8 Å². The molecule has 0 aromatic carbocycles. The molecule has 0 atom stereocenters. The van der Waals surface area contributed by atoms with E-state index < -0.39 is 0 Å². The van der Waals surface area contributed by atoms with E-state index in [4.69, 9.17) is 9.97 Å². The van der Waals surface area contributed by atoms with Crippen LogP contribution in [0.25, 0.3) is 11.0 Å². The first-order valence-corrected chi connectivity index (χ1v) is 10.4. The molecular weight excluding hydrogens is 358 g/mol. The van der Waals surface area contributed by atoms with Crippen molar-refractivity contribution in [1.82, 2.24) is 15.0 Å². The fraction of sp³-hybridized carbons (Fsp3) is 0.400. The van der Waals surface area contributed by atoms with Gasteiger partial charge in [0, 0.05) is 31.2 Å². The maximum absolute atomic E-state index is 12.6. The number of hydrogen-bond acceptors (Lipinski definition) is 7. The Hall–Kier alpha value is -2.54. The molecule has 27 heavy (non-hydrogen) atoms. The van der Waals surface area contributed by atoms with Crippen LogP contribution in [0.2, 0.25) is 0 Å². The molecular formula is C20H21N5OS. The van der Waals surface area contributed by atoms with Gasteiger partial charge in [0.25, 0.3) is 0 Å². The average molecular weight is 379 g/mol. The van der Waals surface area contributed by atoms with Gasteiger partial charge < -0.3 is 10.2 Å². The summed E-state index contributed by atoms with van der Waals surface area (Å²) in [7, 11) is 0. The molecule has 4 heterocycles. The highest BCUT2D eigenvalue weighted by atomic mass is 32.1. The molecule has 0 spiro atoms. The lowest BCUT2D eigenvalue weighted by molar-refractivity contribution is 0.0904. The predicted octanol–water partition coefficient (Wildman–Crippen LogP) is 3.76. The van der Waals surface area contributed by atoms with Crippen molar-refractivity contribution in [2.45, 2.75) is 31.7 Å². The molecule has 1 aliphatic carbocycles. The highest BCUT2D eigenvalue weighted by molar-refractivity contribution is 7.12. The van der Waals surface area contributed by atoms with E-state index in [0.717, 1.165) is 53.5 Å². The second-order valence-corrected chi connectivity index (χ2v) is 8.23. The number of pyridine rings is 1. The zero-order chi connectivity index (χ0) is 18.2. The van der Waals surface area contributed by atoms with Crippen LogP contribution in [0.4, 0.5) is 11.6 Å². The van der Waals surface area contributed by atoms with Crippen molar-refractivity contribution in [1.29, 1.82) is 0 Å². The Balaban J connectivity index is 1.38. The minimum atomic E-state index is 0.106. The number of carbonyl (C=O) groups excluding carboxylic acids is 1. The van der Waals surface area contributed by atoms with Crippen LogP contribution in [0, 0.1) is 5.92 Å². The fourth-order valence-electron chi connectivity index (χ4n) is 3.61. The Bertz CT molecular complexity index is 962. The van der Waals surface area contributed by atoms with Crippen molar-refractivity contribution in [3.8, 4) is 0 Å². The van der Waals surface area contributed by atoms with Crippen LogP contribution in [0.5, 0.6) is 0 Å². The molecule has 5 rings (SSSR count). The van der Waals surface area contributed by atoms with Crippen molar-refractivity contribution < 1.29 is 4.79 Å². The monoisotopic (exact) mass is 379 g/mol. The van der Waals surface area contributed by atoms with Gasteiger partial charge in [0.05, 0.1) is 16.6 Å². The molecule has 2 fully saturated rings. The molecule has 2 aliphatic rings. The molecule has 7 heteroatoms. The Kier molecular flexibility index (Phi) is 4.24. The van der Waals surface area contributed by atoms with Crippen LogP contribution in [0.1, 0.15) is 35.4 Å². The summed E-state index contributed by atoms with van der Waals surface area (Å²) in [5, 5.41) is 5.50. The van der Waals surface area contributed by atoms with Gasteiger partial charge in [-0.25, -0.2) is 9.97 Å². The molecule has 3 aromatic rings. The minimum absolute atomic E-state index is 0.106. The summed E-state index contributed by atoms with van der Waals surface area (Å²) in [4.78, 5) is 29.6. The van der Waals surface area contributed by atoms with Gasteiger partial charge in [0.1, 0.15) is 5.52 Å². The molecule has 0 unspecified atom stereocenters. The number of rotatable bonds is 5. The maximum atomic E-state index is 12.6. The van der Waals surface area contributed by atoms with Gasteiger partial charge in [0.2, 0.25) is 0 Å². The van der Waals surface area contributed by atoms with E-state index in [1.54, 1.807) is 12.4 Å². The van der Waals surface area contributed by atoms with Crippen LogP contribution in [-0.2, 0) is 0 Å². The van der Waals surface area contributed by atoms with E-state index in [1.165, 1.54) is 24.2 Å². The summed E-state index contributed by atoms with van der Waals surface area (Å²) < 4.78 is 0. The topological polar surface area (TPSA) is 71.0 Å². The number of nitrogens with zero attached hydrogens (tertiary/aromatic N) is 4. The Labute approximate surface area is 161 Å². The summed E-state index contributed by atoms with van der Waals surface area (Å²) in [6.07, 6.45) is 7.59. The zero-order valence-corrected chi connectivity index (χ0v) is 15.8. The van der Waals surface area contributed by atoms with Gasteiger partial charge >= 0.3 is 0 Å². The lowest BCUT2D eigenvalue weighted by atomic mass is 9.92. The molecule has 0 radical (unpaired) electrons. The summed E-state index contributed by atoms with van der Waals surface area (Å²) in [6, 6.07) is 6.28. The molecule has 1 N–H and O–H groups in total. The molecule has 1 aliphatic heterocycles. The quantitative estimate of drug-likeness (QED) is 0.681. The minimum Gasteiger partial charge on any atom is -0.364 e. The molecule has 3 aromatic heterocycles. The first kappa shape index (κ1) is 16.6. The standard InChI is InChI=1S/C20H21N5OS/c26-18(17-2-1-11-27-17)13-6-9-25(10-7-13)20-19(22-14-3-4-14)23-15-5-8-21-12-16(15)24-20/h1-2,5,8,11-14H,3-4,6-7,9-10H2,(H,22,23). The van der Waals surface area contributed by atoms with Crippen molar-refractivity contribution in [2.75, 3.05) is 23.3 Å². The second kappa shape index (κ2) is 6.88. The number of thiophene rings is 1. The number of anilines is 2. The summed E-state index contributed by atoms with van der Waals surface area (Å²) in [6.45, 7) is 1.64. The third-order valence-corrected chi connectivity index (χ3v) is 6.18. The number of Topliss-reactive ketones (excluding diaryl/α,β-unsaturated/α-hetero) is 1. The van der Waals surface area contributed by atoms with Crippen molar-refractivity contribution >= 4 is 39.8 Å². The lowest BCUT2D eigenvalue weighted by Crippen LogP contribution is -2.37. The Morgan fingerprint density at radius 1 is 1.11 bits per heavy atom. The van der Waals surface area contributed by atoms with Crippen LogP contribution < -0.4 is 10.2 Å². The van der Waals surface area contributed by atoms with Crippen molar-refractivity contribution in [2.24, 2.45) is 5.92 Å². The van der Waals surface area contributed by atoms with E-state index in [0.29, 0.717) is 6.04 Å². The summed E-state index contributed by atoms with van der Waals surface area (Å²) >= 11 is 1.54. The van der Waals surface area contributed by atoms with E-state index in [2.05, 4.69) is 15.2 Å². The molecule has 1 saturated heterocycles. The number of aromatic nitrogens is 3. The molecule has 6 nitrogen and oxygen atoms in total. The Morgan fingerprint density at radius 3 is 2.70 bits per heavy atom. The number of fused-ring (bicyclic) bond motifs is 1. The highest BCUT2D eigenvalue weighted by Crippen LogP contribution is 2.33. The SMILES string of the molecule is O=C(c1cccs1)C1CCN(c2nc3cnccc3nc2NC2CC2)CC1. The van der Waals surface area contributed by atoms with Crippen LogP contribution in [0.3, 0.4) is 0 Å².